The highest BCUT2D eigenvalue weighted by Gasteiger charge is 2.55. The van der Waals surface area contributed by atoms with Crippen LogP contribution in [-0.2, 0) is 34.1 Å². The van der Waals surface area contributed by atoms with E-state index < -0.39 is 23.8 Å². The summed E-state index contributed by atoms with van der Waals surface area (Å²) < 4.78 is 56.3. The SMILES string of the molecule is CCOC(=O)[C@H](Cc1ccc(OCCN2C[C@@H]3[C@H](C2)[C@H]3NCc2cccc(C(F)(F)F)c2)cc1)Oc1ccc(C(C)(C)C)cc1. The van der Waals surface area contributed by atoms with Gasteiger partial charge in [0, 0.05) is 38.6 Å². The van der Waals surface area contributed by atoms with Crippen molar-refractivity contribution in [3.63, 3.8) is 0 Å². The molecule has 1 aliphatic carbocycles. The number of ether oxygens (including phenoxy) is 3. The fraction of sp³-hybridized carbons (Fsp3) is 0.472. The lowest BCUT2D eigenvalue weighted by Gasteiger charge is -2.21. The zero-order chi connectivity index (χ0) is 32.2. The van der Waals surface area contributed by atoms with E-state index in [2.05, 4.69) is 31.0 Å². The highest BCUT2D eigenvalue weighted by molar-refractivity contribution is 5.75. The maximum Gasteiger partial charge on any atom is 0.416 e. The van der Waals surface area contributed by atoms with Crippen molar-refractivity contribution in [1.29, 1.82) is 0 Å². The van der Waals surface area contributed by atoms with E-state index in [0.29, 0.717) is 48.8 Å². The van der Waals surface area contributed by atoms with Gasteiger partial charge in [0.15, 0.2) is 6.10 Å². The number of alkyl halides is 3. The maximum atomic E-state index is 13.0. The first-order valence-electron chi connectivity index (χ1n) is 15.7. The second-order valence-electron chi connectivity index (χ2n) is 13.0. The molecule has 1 saturated carbocycles. The predicted octanol–water partition coefficient (Wildman–Crippen LogP) is 6.65. The smallest absolute Gasteiger partial charge is 0.416 e. The number of rotatable bonds is 13. The molecule has 0 aromatic heterocycles. The predicted molar refractivity (Wildman–Crippen MR) is 167 cm³/mol. The minimum Gasteiger partial charge on any atom is -0.492 e. The number of nitrogens with one attached hydrogen (secondary N) is 1. The fourth-order valence-electron chi connectivity index (χ4n) is 6.03. The van der Waals surface area contributed by atoms with Gasteiger partial charge >= 0.3 is 12.1 Å². The van der Waals surface area contributed by atoms with Crippen molar-refractivity contribution < 1.29 is 32.2 Å². The molecule has 1 aliphatic heterocycles. The zero-order valence-corrected chi connectivity index (χ0v) is 26.4. The Labute approximate surface area is 263 Å². The molecule has 1 heterocycles. The Kier molecular flexibility index (Phi) is 10.1. The maximum absolute atomic E-state index is 13.0. The normalized spacial score (nSPS) is 20.4. The van der Waals surface area contributed by atoms with E-state index in [1.54, 1.807) is 13.0 Å². The number of benzene rings is 3. The van der Waals surface area contributed by atoms with E-state index in [1.165, 1.54) is 17.7 Å². The molecular formula is C36H43F3N2O4. The van der Waals surface area contributed by atoms with E-state index in [1.807, 2.05) is 48.5 Å². The van der Waals surface area contributed by atoms with Crippen LogP contribution in [0, 0.1) is 11.8 Å². The number of piperidine rings is 1. The van der Waals surface area contributed by atoms with Gasteiger partial charge in [-0.05, 0) is 71.2 Å². The van der Waals surface area contributed by atoms with E-state index in [9.17, 15) is 18.0 Å². The summed E-state index contributed by atoms with van der Waals surface area (Å²) >= 11 is 0. The van der Waals surface area contributed by atoms with Gasteiger partial charge in [-0.2, -0.15) is 13.2 Å². The molecule has 0 amide bonds. The molecule has 1 saturated heterocycles. The highest BCUT2D eigenvalue weighted by Crippen LogP contribution is 2.45. The van der Waals surface area contributed by atoms with Crippen LogP contribution in [0.2, 0.25) is 0 Å². The molecule has 0 unspecified atom stereocenters. The number of fused-ring (bicyclic) bond motifs is 1. The van der Waals surface area contributed by atoms with Crippen molar-refractivity contribution >= 4 is 5.97 Å². The van der Waals surface area contributed by atoms with Crippen molar-refractivity contribution in [2.45, 2.75) is 64.4 Å². The van der Waals surface area contributed by atoms with Gasteiger partial charge in [0.05, 0.1) is 12.2 Å². The monoisotopic (exact) mass is 624 g/mol. The largest absolute Gasteiger partial charge is 0.492 e. The van der Waals surface area contributed by atoms with Crippen LogP contribution >= 0.6 is 0 Å². The van der Waals surface area contributed by atoms with Crippen molar-refractivity contribution in [3.8, 4) is 11.5 Å². The minimum absolute atomic E-state index is 0.0271. The third kappa shape index (κ3) is 8.79. The van der Waals surface area contributed by atoms with E-state index in [4.69, 9.17) is 14.2 Å². The first kappa shape index (κ1) is 32.8. The molecule has 0 spiro atoms. The van der Waals surface area contributed by atoms with E-state index in [0.717, 1.165) is 37.0 Å². The first-order chi connectivity index (χ1) is 21.4. The number of carbonyl (C=O) groups excluding carboxylic acids is 1. The number of hydrogen-bond donors (Lipinski definition) is 1. The van der Waals surface area contributed by atoms with Gasteiger partial charge in [0.2, 0.25) is 0 Å². The van der Waals surface area contributed by atoms with Gasteiger partial charge in [0.25, 0.3) is 0 Å². The molecule has 45 heavy (non-hydrogen) atoms. The van der Waals surface area contributed by atoms with Crippen molar-refractivity contribution in [2.75, 3.05) is 32.8 Å². The Hall–Kier alpha value is -3.56. The van der Waals surface area contributed by atoms with Gasteiger partial charge in [0.1, 0.15) is 18.1 Å². The number of carbonyl (C=O) groups is 1. The van der Waals surface area contributed by atoms with Gasteiger partial charge in [-0.3, -0.25) is 4.90 Å². The first-order valence-corrected chi connectivity index (χ1v) is 15.7. The van der Waals surface area contributed by atoms with Crippen LogP contribution in [0.5, 0.6) is 11.5 Å². The van der Waals surface area contributed by atoms with E-state index in [-0.39, 0.29) is 12.0 Å². The second kappa shape index (κ2) is 13.8. The molecule has 2 fully saturated rings. The molecule has 9 heteroatoms. The number of hydrogen-bond acceptors (Lipinski definition) is 6. The summed E-state index contributed by atoms with van der Waals surface area (Å²) in [6.07, 6.45) is -4.71. The number of likely N-dealkylation sites (tertiary alicyclic amines) is 1. The van der Waals surface area contributed by atoms with Crippen LogP contribution < -0.4 is 14.8 Å². The fourth-order valence-corrected chi connectivity index (χ4v) is 6.03. The van der Waals surface area contributed by atoms with E-state index >= 15 is 0 Å². The van der Waals surface area contributed by atoms with Crippen molar-refractivity contribution in [1.82, 2.24) is 10.2 Å². The van der Waals surface area contributed by atoms with Crippen LogP contribution in [0.3, 0.4) is 0 Å². The number of nitrogens with zero attached hydrogens (tertiary/aromatic N) is 1. The summed E-state index contributed by atoms with van der Waals surface area (Å²) in [6, 6.07) is 21.4. The van der Waals surface area contributed by atoms with Crippen LogP contribution in [-0.4, -0.2) is 55.9 Å². The Morgan fingerprint density at radius 1 is 0.911 bits per heavy atom. The molecule has 4 atom stereocenters. The summed E-state index contributed by atoms with van der Waals surface area (Å²) in [5.74, 6) is 2.05. The highest BCUT2D eigenvalue weighted by atomic mass is 19.4. The summed E-state index contributed by atoms with van der Waals surface area (Å²) in [5.41, 5.74) is 2.20. The molecule has 3 aromatic carbocycles. The summed E-state index contributed by atoms with van der Waals surface area (Å²) in [5, 5.41) is 3.45. The van der Waals surface area contributed by atoms with Gasteiger partial charge < -0.3 is 19.5 Å². The third-order valence-corrected chi connectivity index (χ3v) is 8.63. The summed E-state index contributed by atoms with van der Waals surface area (Å²) in [7, 11) is 0. The van der Waals surface area contributed by atoms with Crippen LogP contribution in [0.15, 0.2) is 72.8 Å². The average molecular weight is 625 g/mol. The molecule has 0 bridgehead atoms. The summed E-state index contributed by atoms with van der Waals surface area (Å²) in [4.78, 5) is 15.1. The van der Waals surface area contributed by atoms with Crippen LogP contribution in [0.1, 0.15) is 49.9 Å². The molecule has 6 nitrogen and oxygen atoms in total. The van der Waals surface area contributed by atoms with Gasteiger partial charge in [-0.1, -0.05) is 63.2 Å². The Morgan fingerprint density at radius 3 is 2.20 bits per heavy atom. The van der Waals surface area contributed by atoms with Crippen molar-refractivity contribution in [3.05, 3.63) is 95.1 Å². The molecule has 2 aliphatic rings. The molecule has 1 N–H and O–H groups in total. The molecule has 5 rings (SSSR count). The molecule has 242 valence electrons. The zero-order valence-electron chi connectivity index (χ0n) is 26.4. The molecule has 3 aromatic rings. The number of halogens is 3. The standard InChI is InChI=1S/C36H43F3N2O4/c1-5-43-34(42)32(45-29-15-11-26(12-16-29)35(2,3)4)20-24-9-13-28(14-10-24)44-18-17-41-22-30-31(23-41)33(30)40-21-25-7-6-8-27(19-25)36(37,38)39/h6-16,19,30-33,40H,5,17-18,20-23H2,1-4H3/t30-,31+,32-,33+/m0/s1. The topological polar surface area (TPSA) is 60.0 Å². The minimum atomic E-state index is -4.32. The molecule has 0 radical (unpaired) electrons. The average Bonchev–Trinajstić information content (AvgIpc) is 3.45. The Bertz CT molecular complexity index is 1410. The van der Waals surface area contributed by atoms with Crippen LogP contribution in [0.25, 0.3) is 0 Å². The van der Waals surface area contributed by atoms with Crippen LogP contribution in [0.4, 0.5) is 13.2 Å². The molecular weight excluding hydrogens is 581 g/mol. The van der Waals surface area contributed by atoms with Crippen molar-refractivity contribution in [2.24, 2.45) is 11.8 Å². The lowest BCUT2D eigenvalue weighted by Crippen LogP contribution is -2.33. The number of esters is 1. The van der Waals surface area contributed by atoms with Gasteiger partial charge in [-0.25, -0.2) is 4.79 Å². The van der Waals surface area contributed by atoms with Gasteiger partial charge in [-0.15, -0.1) is 0 Å². The summed E-state index contributed by atoms with van der Waals surface area (Å²) in [6.45, 7) is 12.2. The lowest BCUT2D eigenvalue weighted by atomic mass is 9.87. The lowest BCUT2D eigenvalue weighted by molar-refractivity contribution is -0.151. The Morgan fingerprint density at radius 2 is 1.58 bits per heavy atom. The third-order valence-electron chi connectivity index (χ3n) is 8.63. The Balaban J connectivity index is 1.04. The second-order valence-corrected chi connectivity index (χ2v) is 13.0. The quantitative estimate of drug-likeness (QED) is 0.215.